The zero-order valence-electron chi connectivity index (χ0n) is 9.81. The minimum absolute atomic E-state index is 0.872. The summed E-state index contributed by atoms with van der Waals surface area (Å²) in [6.45, 7) is 2.07. The molecule has 0 bridgehead atoms. The Morgan fingerprint density at radius 2 is 1.88 bits per heavy atom. The van der Waals surface area contributed by atoms with Gasteiger partial charge in [-0.1, -0.05) is 23.8 Å². The van der Waals surface area contributed by atoms with Crippen LogP contribution in [0.4, 0.5) is 5.82 Å². The first-order chi connectivity index (χ1) is 7.66. The predicted molar refractivity (Wildman–Crippen MR) is 66.5 cm³/mol. The van der Waals surface area contributed by atoms with Crippen LogP contribution in [0.15, 0.2) is 36.7 Å². The Bertz CT molecular complexity index is 475. The van der Waals surface area contributed by atoms with E-state index < -0.39 is 0 Å². The molecule has 0 amide bonds. The maximum absolute atomic E-state index is 4.41. The average Bonchev–Trinajstić information content (AvgIpc) is 2.29. The third kappa shape index (κ3) is 2.19. The van der Waals surface area contributed by atoms with Gasteiger partial charge in [-0.3, -0.25) is 4.98 Å². The SMILES string of the molecule is Cc1cccc(-c2cnc(N(C)C)cn2)c1. The second-order valence-electron chi connectivity index (χ2n) is 4.02. The molecule has 82 valence electrons. The largest absolute Gasteiger partial charge is 0.361 e. The van der Waals surface area contributed by atoms with E-state index in [4.69, 9.17) is 0 Å². The fraction of sp³-hybridized carbons (Fsp3) is 0.231. The molecule has 3 heteroatoms. The molecule has 0 aliphatic heterocycles. The van der Waals surface area contributed by atoms with Gasteiger partial charge >= 0.3 is 0 Å². The number of benzene rings is 1. The van der Waals surface area contributed by atoms with Crippen LogP contribution in [0.2, 0.25) is 0 Å². The van der Waals surface area contributed by atoms with Gasteiger partial charge in [-0.15, -0.1) is 0 Å². The standard InChI is InChI=1S/C13H15N3/c1-10-5-4-6-11(7-10)12-8-15-13(9-14-12)16(2)3/h4-9H,1-3H3. The van der Waals surface area contributed by atoms with Gasteiger partial charge in [-0.05, 0) is 13.0 Å². The summed E-state index contributed by atoms with van der Waals surface area (Å²) in [5, 5.41) is 0. The Kier molecular flexibility index (Phi) is 2.86. The second kappa shape index (κ2) is 4.31. The molecule has 0 unspecified atom stereocenters. The van der Waals surface area contributed by atoms with E-state index in [1.165, 1.54) is 5.56 Å². The number of hydrogen-bond donors (Lipinski definition) is 0. The van der Waals surface area contributed by atoms with E-state index in [1.807, 2.05) is 37.3 Å². The Labute approximate surface area is 95.8 Å². The molecule has 0 fully saturated rings. The summed E-state index contributed by atoms with van der Waals surface area (Å²) < 4.78 is 0. The lowest BCUT2D eigenvalue weighted by Crippen LogP contribution is -2.10. The molecule has 2 rings (SSSR count). The normalized spacial score (nSPS) is 10.2. The van der Waals surface area contributed by atoms with Crippen LogP contribution in [0, 0.1) is 6.92 Å². The van der Waals surface area contributed by atoms with Gasteiger partial charge in [0.1, 0.15) is 5.82 Å². The van der Waals surface area contributed by atoms with Crippen LogP contribution < -0.4 is 4.90 Å². The smallest absolute Gasteiger partial charge is 0.146 e. The first-order valence-electron chi connectivity index (χ1n) is 5.23. The second-order valence-corrected chi connectivity index (χ2v) is 4.02. The highest BCUT2D eigenvalue weighted by molar-refractivity contribution is 5.59. The van der Waals surface area contributed by atoms with Crippen molar-refractivity contribution in [3.63, 3.8) is 0 Å². The maximum Gasteiger partial charge on any atom is 0.146 e. The third-order valence-corrected chi connectivity index (χ3v) is 2.41. The van der Waals surface area contributed by atoms with Gasteiger partial charge in [0.15, 0.2) is 0 Å². The number of rotatable bonds is 2. The summed E-state index contributed by atoms with van der Waals surface area (Å²) in [5.41, 5.74) is 3.25. The van der Waals surface area contributed by atoms with Gasteiger partial charge < -0.3 is 4.90 Å². The molecule has 0 N–H and O–H groups in total. The van der Waals surface area contributed by atoms with E-state index in [9.17, 15) is 0 Å². The van der Waals surface area contributed by atoms with Crippen LogP contribution in [0.25, 0.3) is 11.3 Å². The lowest BCUT2D eigenvalue weighted by atomic mass is 10.1. The van der Waals surface area contributed by atoms with Crippen molar-refractivity contribution < 1.29 is 0 Å². The molecule has 2 aromatic rings. The lowest BCUT2D eigenvalue weighted by Gasteiger charge is -2.10. The molecule has 1 heterocycles. The van der Waals surface area contributed by atoms with Gasteiger partial charge in [0.05, 0.1) is 18.1 Å². The first kappa shape index (κ1) is 10.6. The van der Waals surface area contributed by atoms with E-state index in [0.29, 0.717) is 0 Å². The van der Waals surface area contributed by atoms with Crippen molar-refractivity contribution in [1.82, 2.24) is 9.97 Å². The topological polar surface area (TPSA) is 29.0 Å². The lowest BCUT2D eigenvalue weighted by molar-refractivity contribution is 1.04. The van der Waals surface area contributed by atoms with Crippen LogP contribution in [0.1, 0.15) is 5.56 Å². The molecule has 0 spiro atoms. The van der Waals surface area contributed by atoms with Crippen LogP contribution >= 0.6 is 0 Å². The fourth-order valence-electron chi connectivity index (χ4n) is 1.51. The highest BCUT2D eigenvalue weighted by Gasteiger charge is 2.01. The summed E-state index contributed by atoms with van der Waals surface area (Å²) in [4.78, 5) is 10.7. The van der Waals surface area contributed by atoms with Crippen molar-refractivity contribution in [2.24, 2.45) is 0 Å². The number of hydrogen-bond acceptors (Lipinski definition) is 3. The molecular weight excluding hydrogens is 198 g/mol. The summed E-state index contributed by atoms with van der Waals surface area (Å²) in [6.07, 6.45) is 3.60. The molecule has 0 aliphatic carbocycles. The van der Waals surface area contributed by atoms with Crippen molar-refractivity contribution in [3.05, 3.63) is 42.2 Å². The van der Waals surface area contributed by atoms with Crippen LogP contribution in [-0.4, -0.2) is 24.1 Å². The quantitative estimate of drug-likeness (QED) is 0.767. The third-order valence-electron chi connectivity index (χ3n) is 2.41. The molecule has 3 nitrogen and oxygen atoms in total. The molecular formula is C13H15N3. The molecule has 0 aliphatic rings. The Hall–Kier alpha value is -1.90. The van der Waals surface area contributed by atoms with Gasteiger partial charge in [0, 0.05) is 19.7 Å². The summed E-state index contributed by atoms with van der Waals surface area (Å²) in [6, 6.07) is 8.27. The molecule has 1 aromatic heterocycles. The first-order valence-corrected chi connectivity index (χ1v) is 5.23. The van der Waals surface area contributed by atoms with Crippen molar-refractivity contribution in [3.8, 4) is 11.3 Å². The van der Waals surface area contributed by atoms with Gasteiger partial charge in [-0.25, -0.2) is 4.98 Å². The van der Waals surface area contributed by atoms with Crippen LogP contribution in [-0.2, 0) is 0 Å². The summed E-state index contributed by atoms with van der Waals surface area (Å²) in [5.74, 6) is 0.872. The van der Waals surface area contributed by atoms with Crippen LogP contribution in [0.3, 0.4) is 0 Å². The van der Waals surface area contributed by atoms with E-state index in [1.54, 1.807) is 6.20 Å². The fourth-order valence-corrected chi connectivity index (χ4v) is 1.51. The Morgan fingerprint density at radius 1 is 1.06 bits per heavy atom. The van der Waals surface area contributed by atoms with Crippen molar-refractivity contribution in [1.29, 1.82) is 0 Å². The van der Waals surface area contributed by atoms with E-state index in [2.05, 4.69) is 29.0 Å². The Balaban J connectivity index is 2.35. The van der Waals surface area contributed by atoms with Gasteiger partial charge in [-0.2, -0.15) is 0 Å². The molecule has 16 heavy (non-hydrogen) atoms. The number of anilines is 1. The molecule has 0 saturated carbocycles. The minimum Gasteiger partial charge on any atom is -0.361 e. The highest BCUT2D eigenvalue weighted by atomic mass is 15.1. The van der Waals surface area contributed by atoms with Crippen molar-refractivity contribution in [2.45, 2.75) is 6.92 Å². The van der Waals surface area contributed by atoms with Crippen molar-refractivity contribution in [2.75, 3.05) is 19.0 Å². The predicted octanol–water partition coefficient (Wildman–Crippen LogP) is 2.52. The Morgan fingerprint density at radius 3 is 2.44 bits per heavy atom. The zero-order chi connectivity index (χ0) is 11.5. The van der Waals surface area contributed by atoms with E-state index in [0.717, 1.165) is 17.1 Å². The van der Waals surface area contributed by atoms with E-state index >= 15 is 0 Å². The minimum atomic E-state index is 0.872. The maximum atomic E-state index is 4.41. The molecule has 0 saturated heterocycles. The van der Waals surface area contributed by atoms with Crippen molar-refractivity contribution >= 4 is 5.82 Å². The van der Waals surface area contributed by atoms with Gasteiger partial charge in [0.2, 0.25) is 0 Å². The summed E-state index contributed by atoms with van der Waals surface area (Å²) in [7, 11) is 3.91. The number of nitrogens with zero attached hydrogens (tertiary/aromatic N) is 3. The molecule has 0 atom stereocenters. The molecule has 0 radical (unpaired) electrons. The highest BCUT2D eigenvalue weighted by Crippen LogP contribution is 2.18. The molecule has 1 aromatic carbocycles. The van der Waals surface area contributed by atoms with E-state index in [-0.39, 0.29) is 0 Å². The number of aromatic nitrogens is 2. The van der Waals surface area contributed by atoms with Gasteiger partial charge in [0.25, 0.3) is 0 Å². The number of aryl methyl sites for hydroxylation is 1. The van der Waals surface area contributed by atoms with Crippen LogP contribution in [0.5, 0.6) is 0 Å². The summed E-state index contributed by atoms with van der Waals surface area (Å²) >= 11 is 0. The average molecular weight is 213 g/mol. The zero-order valence-corrected chi connectivity index (χ0v) is 9.81. The monoisotopic (exact) mass is 213 g/mol.